The van der Waals surface area contributed by atoms with Crippen LogP contribution in [0.2, 0.25) is 0 Å². The number of carbonyl (C=O) groups is 1. The number of ether oxygens (including phenoxy) is 1. The van der Waals surface area contributed by atoms with E-state index in [4.69, 9.17) is 4.74 Å². The minimum absolute atomic E-state index is 0.0293. The molecule has 116 valence electrons. The minimum Gasteiger partial charge on any atom is -0.439 e. The molecule has 2 heterocycles. The zero-order valence-corrected chi connectivity index (χ0v) is 12.8. The van der Waals surface area contributed by atoms with E-state index in [-0.39, 0.29) is 11.9 Å². The van der Waals surface area contributed by atoms with Crippen molar-refractivity contribution in [1.82, 2.24) is 10.2 Å². The summed E-state index contributed by atoms with van der Waals surface area (Å²) < 4.78 is 5.45. The summed E-state index contributed by atoms with van der Waals surface area (Å²) in [6, 6.07) is 6.44. The Hall–Kier alpha value is -2.01. The van der Waals surface area contributed by atoms with Gasteiger partial charge in [0.15, 0.2) is 11.6 Å². The maximum atomic E-state index is 12.5. The van der Waals surface area contributed by atoms with Crippen molar-refractivity contribution in [3.05, 3.63) is 36.2 Å². The zero-order valence-electron chi connectivity index (χ0n) is 12.8. The smallest absolute Gasteiger partial charge is 0.251 e. The third kappa shape index (κ3) is 2.46. The lowest BCUT2D eigenvalue weighted by molar-refractivity contribution is 0.0931. The van der Waals surface area contributed by atoms with Gasteiger partial charge in [0, 0.05) is 30.7 Å². The highest BCUT2D eigenvalue weighted by atomic mass is 16.5. The predicted molar refractivity (Wildman–Crippen MR) is 84.8 cm³/mol. The first-order valence-corrected chi connectivity index (χ1v) is 7.93. The van der Waals surface area contributed by atoms with E-state index in [1.165, 1.54) is 12.8 Å². The summed E-state index contributed by atoms with van der Waals surface area (Å²) in [4.78, 5) is 15.0. The van der Waals surface area contributed by atoms with Crippen LogP contribution in [0.15, 0.2) is 30.7 Å². The number of fused-ring (bicyclic) bond motifs is 1. The lowest BCUT2D eigenvalue weighted by Crippen LogP contribution is -2.40. The molecule has 1 aromatic rings. The van der Waals surface area contributed by atoms with Crippen LogP contribution in [0.25, 0.3) is 0 Å². The number of carbonyl (C=O) groups excluding carboxylic acids is 1. The van der Waals surface area contributed by atoms with Gasteiger partial charge in [-0.05, 0) is 43.5 Å². The summed E-state index contributed by atoms with van der Waals surface area (Å²) in [6.07, 6.45) is 2.62. The van der Waals surface area contributed by atoms with Gasteiger partial charge in [-0.3, -0.25) is 9.69 Å². The van der Waals surface area contributed by atoms with Crippen molar-refractivity contribution in [2.45, 2.75) is 31.8 Å². The molecule has 0 spiro atoms. The second-order valence-electron chi connectivity index (χ2n) is 6.60. The average Bonchev–Trinajstić information content (AvgIpc) is 3.17. The maximum absolute atomic E-state index is 12.5. The number of amides is 1. The van der Waals surface area contributed by atoms with Crippen LogP contribution < -0.4 is 15.4 Å². The number of likely N-dealkylation sites (tertiary alicyclic amines) is 1. The molecule has 1 aliphatic carbocycles. The Balaban J connectivity index is 1.44. The lowest BCUT2D eigenvalue weighted by Gasteiger charge is -2.17. The van der Waals surface area contributed by atoms with Gasteiger partial charge in [-0.1, -0.05) is 6.92 Å². The topological polar surface area (TPSA) is 53.6 Å². The van der Waals surface area contributed by atoms with E-state index >= 15 is 0 Å². The Labute approximate surface area is 130 Å². The third-order valence-corrected chi connectivity index (χ3v) is 4.77. The molecule has 4 rings (SSSR count). The van der Waals surface area contributed by atoms with Crippen molar-refractivity contribution in [1.29, 1.82) is 0 Å². The molecule has 3 aliphatic rings. The summed E-state index contributed by atoms with van der Waals surface area (Å²) in [6.45, 7) is 8.00. The van der Waals surface area contributed by atoms with Crippen molar-refractivity contribution < 1.29 is 9.53 Å². The Morgan fingerprint density at radius 1 is 1.41 bits per heavy atom. The van der Waals surface area contributed by atoms with E-state index in [2.05, 4.69) is 29.0 Å². The van der Waals surface area contributed by atoms with Gasteiger partial charge in [0.2, 0.25) is 0 Å². The van der Waals surface area contributed by atoms with Crippen LogP contribution >= 0.6 is 0 Å². The molecule has 1 amide bonds. The molecule has 2 fully saturated rings. The van der Waals surface area contributed by atoms with E-state index in [1.807, 2.05) is 12.1 Å². The van der Waals surface area contributed by atoms with Crippen molar-refractivity contribution in [3.8, 4) is 5.75 Å². The molecule has 0 radical (unpaired) electrons. The van der Waals surface area contributed by atoms with Gasteiger partial charge < -0.3 is 15.4 Å². The van der Waals surface area contributed by atoms with E-state index in [0.29, 0.717) is 23.1 Å². The zero-order chi connectivity index (χ0) is 15.3. The first-order valence-electron chi connectivity index (χ1n) is 7.93. The molecule has 0 unspecified atom stereocenters. The van der Waals surface area contributed by atoms with Crippen LogP contribution in [0.3, 0.4) is 0 Å². The first kappa shape index (κ1) is 13.6. The van der Waals surface area contributed by atoms with E-state index in [0.717, 1.165) is 24.8 Å². The SMILES string of the molecule is C=C1Nc2ccc(C(=O)N[C@@H]3CN(C4CC4)C[C@@H]3C)cc2O1. The molecule has 2 aliphatic heterocycles. The molecule has 2 atom stereocenters. The fourth-order valence-electron chi connectivity index (χ4n) is 3.34. The molecule has 2 N–H and O–H groups in total. The van der Waals surface area contributed by atoms with Gasteiger partial charge >= 0.3 is 0 Å². The molecule has 0 aromatic heterocycles. The van der Waals surface area contributed by atoms with Gasteiger partial charge in [0.05, 0.1) is 5.69 Å². The van der Waals surface area contributed by atoms with E-state index < -0.39 is 0 Å². The third-order valence-electron chi connectivity index (χ3n) is 4.77. The minimum atomic E-state index is -0.0293. The summed E-state index contributed by atoms with van der Waals surface area (Å²) in [5, 5.41) is 6.19. The monoisotopic (exact) mass is 299 g/mol. The second-order valence-corrected chi connectivity index (χ2v) is 6.60. The van der Waals surface area contributed by atoms with Crippen LogP contribution in [-0.2, 0) is 0 Å². The molecule has 1 saturated carbocycles. The first-order chi connectivity index (χ1) is 10.6. The molecule has 1 aromatic carbocycles. The molecule has 5 nitrogen and oxygen atoms in total. The highest BCUT2D eigenvalue weighted by Gasteiger charge is 2.38. The van der Waals surface area contributed by atoms with Crippen LogP contribution in [0.1, 0.15) is 30.1 Å². The number of rotatable bonds is 3. The second kappa shape index (κ2) is 5.02. The van der Waals surface area contributed by atoms with Crippen molar-refractivity contribution in [2.24, 2.45) is 5.92 Å². The molecule has 1 saturated heterocycles. The summed E-state index contributed by atoms with van der Waals surface area (Å²) >= 11 is 0. The van der Waals surface area contributed by atoms with E-state index in [9.17, 15) is 4.79 Å². The number of hydrogen-bond donors (Lipinski definition) is 2. The molecular weight excluding hydrogens is 278 g/mol. The van der Waals surface area contributed by atoms with Crippen LogP contribution in [-0.4, -0.2) is 36.0 Å². The molecule has 22 heavy (non-hydrogen) atoms. The Kier molecular flexibility index (Phi) is 3.11. The van der Waals surface area contributed by atoms with Gasteiger partial charge in [-0.15, -0.1) is 0 Å². The number of anilines is 1. The lowest BCUT2D eigenvalue weighted by atomic mass is 10.1. The Bertz CT molecular complexity index is 639. The van der Waals surface area contributed by atoms with Gasteiger partial charge in [0.25, 0.3) is 5.91 Å². The Morgan fingerprint density at radius 2 is 2.23 bits per heavy atom. The summed E-state index contributed by atoms with van der Waals surface area (Å²) in [7, 11) is 0. The molecular formula is C17H21N3O2. The Morgan fingerprint density at radius 3 is 3.00 bits per heavy atom. The summed E-state index contributed by atoms with van der Waals surface area (Å²) in [5.74, 6) is 1.63. The number of nitrogens with zero attached hydrogens (tertiary/aromatic N) is 1. The predicted octanol–water partition coefficient (Wildman–Crippen LogP) is 2.17. The standard InChI is InChI=1S/C17H21N3O2/c1-10-8-20(13-4-5-13)9-15(10)19-17(21)12-3-6-14-16(7-12)22-11(2)18-14/h3,6-7,10,13,15,18H,2,4-5,8-9H2,1H3,(H,19,21)/t10-,15+/m0/s1. The van der Waals surface area contributed by atoms with E-state index in [1.54, 1.807) is 6.07 Å². The largest absolute Gasteiger partial charge is 0.439 e. The maximum Gasteiger partial charge on any atom is 0.251 e. The van der Waals surface area contributed by atoms with Crippen molar-refractivity contribution in [3.63, 3.8) is 0 Å². The van der Waals surface area contributed by atoms with Gasteiger partial charge in [-0.25, -0.2) is 0 Å². The van der Waals surface area contributed by atoms with Crippen LogP contribution in [0.5, 0.6) is 5.75 Å². The fraction of sp³-hybridized carbons (Fsp3) is 0.471. The number of benzene rings is 1. The van der Waals surface area contributed by atoms with Crippen LogP contribution in [0, 0.1) is 5.92 Å². The average molecular weight is 299 g/mol. The van der Waals surface area contributed by atoms with Gasteiger partial charge in [0.1, 0.15) is 0 Å². The highest BCUT2D eigenvalue weighted by molar-refractivity contribution is 5.95. The normalized spacial score (nSPS) is 27.2. The summed E-state index contributed by atoms with van der Waals surface area (Å²) in [5.41, 5.74) is 1.49. The quantitative estimate of drug-likeness (QED) is 0.898. The fourth-order valence-corrected chi connectivity index (χ4v) is 3.34. The highest BCUT2D eigenvalue weighted by Crippen LogP contribution is 2.34. The molecule has 0 bridgehead atoms. The number of nitrogens with one attached hydrogen (secondary N) is 2. The number of hydrogen-bond acceptors (Lipinski definition) is 4. The van der Waals surface area contributed by atoms with Crippen LogP contribution in [0.4, 0.5) is 5.69 Å². The van der Waals surface area contributed by atoms with Crippen molar-refractivity contribution in [2.75, 3.05) is 18.4 Å². The van der Waals surface area contributed by atoms with Crippen molar-refractivity contribution >= 4 is 11.6 Å². The van der Waals surface area contributed by atoms with Gasteiger partial charge in [-0.2, -0.15) is 0 Å². The molecule has 5 heteroatoms.